The van der Waals surface area contributed by atoms with E-state index in [9.17, 15) is 9.59 Å². The lowest BCUT2D eigenvalue weighted by Gasteiger charge is -2.14. The highest BCUT2D eigenvalue weighted by molar-refractivity contribution is 5.88. The fraction of sp³-hybridized carbons (Fsp3) is 0.800. The van der Waals surface area contributed by atoms with Gasteiger partial charge in [-0.05, 0) is 12.3 Å². The summed E-state index contributed by atoms with van der Waals surface area (Å²) in [7, 11) is 0. The topological polar surface area (TPSA) is 63.4 Å². The van der Waals surface area contributed by atoms with Gasteiger partial charge in [-0.3, -0.25) is 9.59 Å². The first-order valence-electron chi connectivity index (χ1n) is 5.17. The number of carbonyl (C=O) groups excluding carboxylic acids is 2. The minimum absolute atomic E-state index is 0.0300. The standard InChI is InChI=1S/C10H18N2O2/c1-2-3-8-4-10(14)12(6-8)7-9(13)5-11/h8H,2-7,11H2,1H3. The van der Waals surface area contributed by atoms with Crippen molar-refractivity contribution in [2.75, 3.05) is 19.6 Å². The van der Waals surface area contributed by atoms with E-state index in [2.05, 4.69) is 6.92 Å². The van der Waals surface area contributed by atoms with Gasteiger partial charge in [-0.1, -0.05) is 13.3 Å². The third-order valence-corrected chi connectivity index (χ3v) is 2.59. The Labute approximate surface area is 84.4 Å². The summed E-state index contributed by atoms with van der Waals surface area (Å²) in [5, 5.41) is 0. The van der Waals surface area contributed by atoms with E-state index >= 15 is 0 Å². The van der Waals surface area contributed by atoms with Crippen molar-refractivity contribution in [1.82, 2.24) is 4.90 Å². The van der Waals surface area contributed by atoms with Crippen molar-refractivity contribution in [3.05, 3.63) is 0 Å². The Hall–Kier alpha value is -0.900. The molecule has 1 heterocycles. The molecule has 1 amide bonds. The van der Waals surface area contributed by atoms with Gasteiger partial charge in [0.1, 0.15) is 0 Å². The fourth-order valence-corrected chi connectivity index (χ4v) is 1.89. The zero-order valence-corrected chi connectivity index (χ0v) is 8.66. The smallest absolute Gasteiger partial charge is 0.223 e. The molecular formula is C10H18N2O2. The lowest BCUT2D eigenvalue weighted by atomic mass is 10.0. The van der Waals surface area contributed by atoms with E-state index in [-0.39, 0.29) is 24.8 Å². The second kappa shape index (κ2) is 5.10. The van der Waals surface area contributed by atoms with E-state index in [1.807, 2.05) is 0 Å². The number of rotatable bonds is 5. The van der Waals surface area contributed by atoms with Gasteiger partial charge in [-0.2, -0.15) is 0 Å². The van der Waals surface area contributed by atoms with Crippen LogP contribution in [-0.4, -0.2) is 36.2 Å². The van der Waals surface area contributed by atoms with Crippen LogP contribution in [0.3, 0.4) is 0 Å². The molecule has 1 aliphatic heterocycles. The number of nitrogens with two attached hydrogens (primary N) is 1. The van der Waals surface area contributed by atoms with Crippen LogP contribution in [-0.2, 0) is 9.59 Å². The average molecular weight is 198 g/mol. The zero-order valence-electron chi connectivity index (χ0n) is 8.66. The number of Topliss-reactive ketones (excluding diaryl/α,β-unsaturated/α-hetero) is 1. The monoisotopic (exact) mass is 198 g/mol. The highest BCUT2D eigenvalue weighted by atomic mass is 16.2. The van der Waals surface area contributed by atoms with Crippen LogP contribution in [0.4, 0.5) is 0 Å². The van der Waals surface area contributed by atoms with Crippen LogP contribution in [0.5, 0.6) is 0 Å². The van der Waals surface area contributed by atoms with E-state index in [0.29, 0.717) is 12.3 Å². The summed E-state index contributed by atoms with van der Waals surface area (Å²) in [6, 6.07) is 0. The SMILES string of the molecule is CCCC1CC(=O)N(CC(=O)CN)C1. The second-order valence-corrected chi connectivity index (χ2v) is 3.88. The molecule has 4 heteroatoms. The summed E-state index contributed by atoms with van der Waals surface area (Å²) in [6.45, 7) is 3.08. The summed E-state index contributed by atoms with van der Waals surface area (Å²) >= 11 is 0. The van der Waals surface area contributed by atoms with Gasteiger partial charge in [0.25, 0.3) is 0 Å². The summed E-state index contributed by atoms with van der Waals surface area (Å²) in [5.74, 6) is 0.485. The molecule has 1 rings (SSSR count). The van der Waals surface area contributed by atoms with Crippen LogP contribution >= 0.6 is 0 Å². The molecule has 0 aliphatic carbocycles. The summed E-state index contributed by atoms with van der Waals surface area (Å²) in [4.78, 5) is 24.1. The van der Waals surface area contributed by atoms with Crippen LogP contribution in [0.15, 0.2) is 0 Å². The fourth-order valence-electron chi connectivity index (χ4n) is 1.89. The first kappa shape index (κ1) is 11.2. The third kappa shape index (κ3) is 2.80. The number of hydrogen-bond acceptors (Lipinski definition) is 3. The first-order chi connectivity index (χ1) is 6.67. The van der Waals surface area contributed by atoms with Crippen molar-refractivity contribution >= 4 is 11.7 Å². The Morgan fingerprint density at radius 3 is 2.93 bits per heavy atom. The van der Waals surface area contributed by atoms with E-state index < -0.39 is 0 Å². The van der Waals surface area contributed by atoms with Crippen LogP contribution < -0.4 is 5.73 Å². The predicted molar refractivity (Wildman–Crippen MR) is 53.7 cm³/mol. The molecule has 0 radical (unpaired) electrons. The van der Waals surface area contributed by atoms with Gasteiger partial charge in [-0.15, -0.1) is 0 Å². The van der Waals surface area contributed by atoms with Gasteiger partial charge in [0, 0.05) is 13.0 Å². The van der Waals surface area contributed by atoms with Crippen LogP contribution in [0.1, 0.15) is 26.2 Å². The first-order valence-corrected chi connectivity index (χ1v) is 5.17. The van der Waals surface area contributed by atoms with E-state index in [0.717, 1.165) is 19.4 Å². The largest absolute Gasteiger partial charge is 0.335 e. The number of hydrogen-bond donors (Lipinski definition) is 1. The van der Waals surface area contributed by atoms with Gasteiger partial charge in [-0.25, -0.2) is 0 Å². The van der Waals surface area contributed by atoms with Crippen LogP contribution in [0.2, 0.25) is 0 Å². The number of nitrogens with zero attached hydrogens (tertiary/aromatic N) is 1. The Bertz CT molecular complexity index is 228. The van der Waals surface area contributed by atoms with Gasteiger partial charge >= 0.3 is 0 Å². The Kier molecular flexibility index (Phi) is 4.07. The van der Waals surface area contributed by atoms with Crippen molar-refractivity contribution in [2.45, 2.75) is 26.2 Å². The van der Waals surface area contributed by atoms with Gasteiger partial charge in [0.2, 0.25) is 5.91 Å². The molecule has 4 nitrogen and oxygen atoms in total. The van der Waals surface area contributed by atoms with Gasteiger partial charge in [0.15, 0.2) is 5.78 Å². The molecule has 0 aromatic heterocycles. The second-order valence-electron chi connectivity index (χ2n) is 3.88. The maximum absolute atomic E-state index is 11.4. The third-order valence-electron chi connectivity index (χ3n) is 2.59. The lowest BCUT2D eigenvalue weighted by Crippen LogP contribution is -2.34. The summed E-state index contributed by atoms with van der Waals surface area (Å²) in [6.07, 6.45) is 2.77. The zero-order chi connectivity index (χ0) is 10.6. The van der Waals surface area contributed by atoms with Gasteiger partial charge < -0.3 is 10.6 Å². The lowest BCUT2D eigenvalue weighted by molar-refractivity contribution is -0.131. The molecule has 1 unspecified atom stereocenters. The normalized spacial score (nSPS) is 21.7. The van der Waals surface area contributed by atoms with Crippen molar-refractivity contribution in [1.29, 1.82) is 0 Å². The highest BCUT2D eigenvalue weighted by Crippen LogP contribution is 2.21. The molecule has 1 saturated heterocycles. The molecule has 1 atom stereocenters. The molecule has 80 valence electrons. The molecular weight excluding hydrogens is 180 g/mol. The number of likely N-dealkylation sites (tertiary alicyclic amines) is 1. The minimum Gasteiger partial charge on any atom is -0.335 e. The quantitative estimate of drug-likeness (QED) is 0.684. The van der Waals surface area contributed by atoms with Crippen molar-refractivity contribution in [2.24, 2.45) is 11.7 Å². The molecule has 0 saturated carbocycles. The summed E-state index contributed by atoms with van der Waals surface area (Å²) < 4.78 is 0. The van der Waals surface area contributed by atoms with E-state index in [1.165, 1.54) is 0 Å². The van der Waals surface area contributed by atoms with Crippen molar-refractivity contribution < 1.29 is 9.59 Å². The van der Waals surface area contributed by atoms with Crippen LogP contribution in [0, 0.1) is 5.92 Å². The number of ketones is 1. The van der Waals surface area contributed by atoms with E-state index in [1.54, 1.807) is 4.90 Å². The minimum atomic E-state index is -0.0597. The number of carbonyl (C=O) groups is 2. The molecule has 0 aromatic carbocycles. The highest BCUT2D eigenvalue weighted by Gasteiger charge is 2.29. The van der Waals surface area contributed by atoms with E-state index in [4.69, 9.17) is 5.73 Å². The average Bonchev–Trinajstić information content (AvgIpc) is 2.47. The molecule has 0 spiro atoms. The maximum atomic E-state index is 11.4. The molecule has 1 fully saturated rings. The van der Waals surface area contributed by atoms with Crippen molar-refractivity contribution in [3.63, 3.8) is 0 Å². The number of amides is 1. The van der Waals surface area contributed by atoms with Crippen LogP contribution in [0.25, 0.3) is 0 Å². The molecule has 2 N–H and O–H groups in total. The Morgan fingerprint density at radius 1 is 1.64 bits per heavy atom. The molecule has 0 bridgehead atoms. The molecule has 0 aromatic rings. The van der Waals surface area contributed by atoms with Crippen molar-refractivity contribution in [3.8, 4) is 0 Å². The Balaban J connectivity index is 2.40. The summed E-state index contributed by atoms with van der Waals surface area (Å²) in [5.41, 5.74) is 5.20. The molecule has 1 aliphatic rings. The molecule has 14 heavy (non-hydrogen) atoms. The Morgan fingerprint density at radius 2 is 2.36 bits per heavy atom. The predicted octanol–water partition coefficient (Wildman–Crippen LogP) is 0.163. The van der Waals surface area contributed by atoms with Gasteiger partial charge in [0.05, 0.1) is 13.1 Å². The maximum Gasteiger partial charge on any atom is 0.223 e.